The van der Waals surface area contributed by atoms with Crippen LogP contribution in [0.4, 0.5) is 0 Å². The molecule has 2 saturated carbocycles. The predicted octanol–water partition coefficient (Wildman–Crippen LogP) is 5.73. The molecule has 2 fully saturated rings. The molecule has 37 heavy (non-hydrogen) atoms. The standard InChI is InChI=1S/C29H32BrN3O3S/c30-21-9-4-8-19(14-21)25(34)27(36)33-13-5-10-23-22(16-33)26(35)32-28(31-23)29(11-12-29)24-15-20(17-37-24)18-6-2-1-3-7-18/h4,8-9,14-15,17-18,25,34H,1-3,5-7,10-13,16H2,(H,31,32,35). The molecule has 6 nitrogen and oxygen atoms in total. The Labute approximate surface area is 229 Å². The van der Waals surface area contributed by atoms with Gasteiger partial charge in [0.25, 0.3) is 11.5 Å². The van der Waals surface area contributed by atoms with Crippen molar-refractivity contribution in [3.63, 3.8) is 0 Å². The van der Waals surface area contributed by atoms with Crippen LogP contribution in [0.5, 0.6) is 0 Å². The van der Waals surface area contributed by atoms with Crippen LogP contribution in [-0.2, 0) is 23.2 Å². The molecule has 0 saturated heterocycles. The number of hydrogen-bond acceptors (Lipinski definition) is 5. The maximum absolute atomic E-state index is 13.3. The fourth-order valence-electron chi connectivity index (χ4n) is 6.01. The molecule has 3 heterocycles. The number of hydrogen-bond donors (Lipinski definition) is 2. The molecule has 2 N–H and O–H groups in total. The lowest BCUT2D eigenvalue weighted by molar-refractivity contribution is -0.141. The molecule has 1 unspecified atom stereocenters. The summed E-state index contributed by atoms with van der Waals surface area (Å²) in [4.78, 5) is 37.6. The van der Waals surface area contributed by atoms with E-state index in [0.29, 0.717) is 36.4 Å². The van der Waals surface area contributed by atoms with Crippen molar-refractivity contribution in [2.75, 3.05) is 6.54 Å². The number of nitrogens with one attached hydrogen (secondary N) is 1. The molecule has 0 spiro atoms. The summed E-state index contributed by atoms with van der Waals surface area (Å²) >= 11 is 5.21. The maximum atomic E-state index is 13.3. The highest BCUT2D eigenvalue weighted by Crippen LogP contribution is 2.54. The summed E-state index contributed by atoms with van der Waals surface area (Å²) in [6.45, 7) is 0.648. The number of aryl methyl sites for hydroxylation is 1. The minimum atomic E-state index is -1.27. The van der Waals surface area contributed by atoms with Crippen molar-refractivity contribution < 1.29 is 9.90 Å². The molecule has 1 atom stereocenters. The van der Waals surface area contributed by atoms with Crippen LogP contribution >= 0.6 is 27.3 Å². The van der Waals surface area contributed by atoms with Crippen molar-refractivity contribution in [1.29, 1.82) is 0 Å². The highest BCUT2D eigenvalue weighted by molar-refractivity contribution is 9.10. The Morgan fingerprint density at radius 3 is 2.76 bits per heavy atom. The van der Waals surface area contributed by atoms with Crippen molar-refractivity contribution in [2.24, 2.45) is 0 Å². The molecule has 6 rings (SSSR count). The van der Waals surface area contributed by atoms with Crippen LogP contribution in [0.1, 0.15) is 96.5 Å². The molecule has 3 aromatic rings. The van der Waals surface area contributed by atoms with Gasteiger partial charge in [0.1, 0.15) is 5.82 Å². The number of aliphatic hydroxyl groups is 1. The molecule has 1 aromatic carbocycles. The largest absolute Gasteiger partial charge is 0.378 e. The third kappa shape index (κ3) is 4.84. The zero-order valence-electron chi connectivity index (χ0n) is 20.8. The Hall–Kier alpha value is -2.29. The normalized spacial score (nSPS) is 20.2. The molecule has 8 heteroatoms. The second-order valence-electron chi connectivity index (χ2n) is 10.8. The summed E-state index contributed by atoms with van der Waals surface area (Å²) in [5.41, 5.74) is 2.99. The van der Waals surface area contributed by atoms with E-state index in [4.69, 9.17) is 4.98 Å². The molecule has 2 aliphatic carbocycles. The van der Waals surface area contributed by atoms with E-state index in [1.54, 1.807) is 23.1 Å². The molecular formula is C29H32BrN3O3S. The van der Waals surface area contributed by atoms with Gasteiger partial charge < -0.3 is 15.0 Å². The molecule has 1 aliphatic heterocycles. The number of aromatic amines is 1. The van der Waals surface area contributed by atoms with Gasteiger partial charge in [-0.25, -0.2) is 4.98 Å². The lowest BCUT2D eigenvalue weighted by atomic mass is 9.85. The highest BCUT2D eigenvalue weighted by Gasteiger charge is 2.50. The van der Waals surface area contributed by atoms with Crippen LogP contribution in [-0.4, -0.2) is 32.4 Å². The minimum absolute atomic E-state index is 0.160. The Morgan fingerprint density at radius 1 is 1.19 bits per heavy atom. The number of rotatable bonds is 5. The lowest BCUT2D eigenvalue weighted by Crippen LogP contribution is -2.36. The first-order valence-electron chi connectivity index (χ1n) is 13.4. The zero-order valence-corrected chi connectivity index (χ0v) is 23.2. The number of H-pyrrole nitrogens is 1. The van der Waals surface area contributed by atoms with Gasteiger partial charge in [-0.2, -0.15) is 0 Å². The summed E-state index contributed by atoms with van der Waals surface area (Å²) in [6.07, 6.45) is 8.65. The minimum Gasteiger partial charge on any atom is -0.378 e. The van der Waals surface area contributed by atoms with Crippen molar-refractivity contribution in [1.82, 2.24) is 14.9 Å². The summed E-state index contributed by atoms with van der Waals surface area (Å²) in [7, 11) is 0. The number of amides is 1. The van der Waals surface area contributed by atoms with E-state index in [2.05, 4.69) is 32.4 Å². The monoisotopic (exact) mass is 581 g/mol. The molecule has 3 aliphatic rings. The fraction of sp³-hybridized carbons (Fsp3) is 0.483. The van der Waals surface area contributed by atoms with E-state index in [1.165, 1.54) is 42.5 Å². The lowest BCUT2D eigenvalue weighted by Gasteiger charge is -2.24. The number of benzene rings is 1. The number of fused-ring (bicyclic) bond motifs is 1. The Bertz CT molecular complexity index is 1370. The van der Waals surface area contributed by atoms with Gasteiger partial charge in [-0.05, 0) is 79.1 Å². The van der Waals surface area contributed by atoms with Crippen LogP contribution < -0.4 is 5.56 Å². The number of carbonyl (C=O) groups is 1. The smallest absolute Gasteiger partial charge is 0.256 e. The number of thiophene rings is 1. The van der Waals surface area contributed by atoms with E-state index in [-0.39, 0.29) is 23.4 Å². The van der Waals surface area contributed by atoms with Gasteiger partial charge in [0.2, 0.25) is 0 Å². The molecule has 0 radical (unpaired) electrons. The molecule has 1 amide bonds. The van der Waals surface area contributed by atoms with Crippen LogP contribution in [0.3, 0.4) is 0 Å². The summed E-state index contributed by atoms with van der Waals surface area (Å²) in [6, 6.07) is 9.50. The third-order valence-corrected chi connectivity index (χ3v) is 10.0. The molecule has 194 valence electrons. The van der Waals surface area contributed by atoms with E-state index in [1.807, 2.05) is 17.4 Å². The average Bonchev–Trinajstić information content (AvgIpc) is 3.63. The fourth-order valence-corrected chi connectivity index (χ4v) is 7.68. The van der Waals surface area contributed by atoms with Gasteiger partial charge in [0, 0.05) is 15.9 Å². The van der Waals surface area contributed by atoms with Crippen LogP contribution in [0.2, 0.25) is 0 Å². The first-order valence-corrected chi connectivity index (χ1v) is 15.1. The SMILES string of the molecule is O=C(C(O)c1cccc(Br)c1)N1CCCc2nc(C3(c4cc(C5CCCCC5)cs4)CC3)[nH]c(=O)c2C1. The summed E-state index contributed by atoms with van der Waals surface area (Å²) in [5.74, 6) is 1.06. The maximum Gasteiger partial charge on any atom is 0.256 e. The van der Waals surface area contributed by atoms with Crippen molar-refractivity contribution in [3.8, 4) is 0 Å². The first-order chi connectivity index (χ1) is 17.9. The second kappa shape index (κ2) is 10.1. The van der Waals surface area contributed by atoms with E-state index in [0.717, 1.165) is 28.8 Å². The predicted molar refractivity (Wildman–Crippen MR) is 148 cm³/mol. The van der Waals surface area contributed by atoms with Crippen LogP contribution in [0.15, 0.2) is 45.0 Å². The summed E-state index contributed by atoms with van der Waals surface area (Å²) in [5, 5.41) is 13.1. The topological polar surface area (TPSA) is 86.3 Å². The quantitative estimate of drug-likeness (QED) is 0.403. The number of nitrogens with zero attached hydrogens (tertiary/aromatic N) is 2. The second-order valence-corrected chi connectivity index (χ2v) is 12.6. The van der Waals surface area contributed by atoms with E-state index in [9.17, 15) is 14.7 Å². The van der Waals surface area contributed by atoms with Crippen LogP contribution in [0, 0.1) is 0 Å². The first kappa shape index (κ1) is 25.0. The van der Waals surface area contributed by atoms with Crippen molar-refractivity contribution >= 4 is 33.2 Å². The molecular weight excluding hydrogens is 550 g/mol. The van der Waals surface area contributed by atoms with Crippen molar-refractivity contribution in [3.05, 3.63) is 83.6 Å². The van der Waals surface area contributed by atoms with Gasteiger partial charge in [-0.15, -0.1) is 11.3 Å². The average molecular weight is 583 g/mol. The summed E-state index contributed by atoms with van der Waals surface area (Å²) < 4.78 is 0.803. The van der Waals surface area contributed by atoms with Gasteiger partial charge >= 0.3 is 0 Å². The number of aromatic nitrogens is 2. The molecule has 2 aromatic heterocycles. The van der Waals surface area contributed by atoms with Crippen molar-refractivity contribution in [2.45, 2.75) is 81.8 Å². The van der Waals surface area contributed by atoms with Gasteiger partial charge in [0.15, 0.2) is 6.10 Å². The van der Waals surface area contributed by atoms with E-state index >= 15 is 0 Å². The van der Waals surface area contributed by atoms with E-state index < -0.39 is 6.10 Å². The van der Waals surface area contributed by atoms with Gasteiger partial charge in [0.05, 0.1) is 23.2 Å². The van der Waals surface area contributed by atoms with Gasteiger partial charge in [-0.1, -0.05) is 47.3 Å². The van der Waals surface area contributed by atoms with Gasteiger partial charge in [-0.3, -0.25) is 9.59 Å². The molecule has 0 bridgehead atoms. The Balaban J connectivity index is 1.24. The zero-order chi connectivity index (χ0) is 25.6. The van der Waals surface area contributed by atoms with Crippen LogP contribution in [0.25, 0.3) is 0 Å². The number of halogens is 1. The number of aliphatic hydroxyl groups excluding tert-OH is 1. The third-order valence-electron chi connectivity index (χ3n) is 8.37. The number of carbonyl (C=O) groups excluding carboxylic acids is 1. The Kier molecular flexibility index (Phi) is 6.84. The highest BCUT2D eigenvalue weighted by atomic mass is 79.9. The Morgan fingerprint density at radius 2 is 2.00 bits per heavy atom.